The molecule has 0 bridgehead atoms. The second-order valence-corrected chi connectivity index (χ2v) is 5.58. The fourth-order valence-electron chi connectivity index (χ4n) is 2.56. The van der Waals surface area contributed by atoms with Crippen LogP contribution in [0.25, 0.3) is 0 Å². The quantitative estimate of drug-likeness (QED) is 0.591. The van der Waals surface area contributed by atoms with E-state index in [-0.39, 0.29) is 12.5 Å². The number of para-hydroxylation sites is 2. The molecular formula is C20H19NO4. The summed E-state index contributed by atoms with van der Waals surface area (Å²) in [6, 6.07) is 14.5. The van der Waals surface area contributed by atoms with Crippen molar-refractivity contribution >= 4 is 17.6 Å². The molecule has 1 amide bonds. The topological polar surface area (TPSA) is 64.6 Å². The maximum absolute atomic E-state index is 12.3. The van der Waals surface area contributed by atoms with Gasteiger partial charge in [-0.2, -0.15) is 0 Å². The largest absolute Gasteiger partial charge is 0.489 e. The summed E-state index contributed by atoms with van der Waals surface area (Å²) in [7, 11) is 0. The number of esters is 1. The molecule has 1 aliphatic heterocycles. The van der Waals surface area contributed by atoms with Crippen LogP contribution in [-0.2, 0) is 16.0 Å². The molecule has 0 spiro atoms. The van der Waals surface area contributed by atoms with Crippen molar-refractivity contribution in [2.75, 3.05) is 18.5 Å². The molecule has 128 valence electrons. The Morgan fingerprint density at radius 1 is 0.800 bits per heavy atom. The number of fused-ring (bicyclic) bond motifs is 2. The van der Waals surface area contributed by atoms with Gasteiger partial charge in [0.1, 0.15) is 19.0 Å². The van der Waals surface area contributed by atoms with Crippen LogP contribution in [0, 0.1) is 0 Å². The van der Waals surface area contributed by atoms with Gasteiger partial charge in [0, 0.05) is 6.42 Å². The third kappa shape index (κ3) is 4.47. The number of benzene rings is 2. The molecule has 0 unspecified atom stereocenters. The molecule has 0 fully saturated rings. The summed E-state index contributed by atoms with van der Waals surface area (Å²) < 4.78 is 10.9. The summed E-state index contributed by atoms with van der Waals surface area (Å²) in [5.74, 6) is 0.120. The van der Waals surface area contributed by atoms with Crippen LogP contribution < -0.4 is 10.1 Å². The molecule has 0 atom stereocenters. The molecule has 5 nitrogen and oxygen atoms in total. The van der Waals surface area contributed by atoms with Gasteiger partial charge in [-0.3, -0.25) is 4.79 Å². The standard InChI is InChI=1S/C20H19NO4/c22-19-12-11-15-7-1-4-10-18(15)24-13-5-6-14-25-20(23)16-8-2-3-9-17(16)21-19/h1-10H,11-14H2,(H,21,22)/b6-5+. The van der Waals surface area contributed by atoms with Gasteiger partial charge in [0.05, 0.1) is 11.3 Å². The van der Waals surface area contributed by atoms with Gasteiger partial charge in [0.25, 0.3) is 0 Å². The molecule has 1 aliphatic rings. The number of cyclic esters (lactones) is 1. The van der Waals surface area contributed by atoms with Crippen molar-refractivity contribution in [3.8, 4) is 5.75 Å². The first-order chi connectivity index (χ1) is 12.2. The van der Waals surface area contributed by atoms with Crippen LogP contribution in [-0.4, -0.2) is 25.1 Å². The van der Waals surface area contributed by atoms with E-state index in [1.54, 1.807) is 36.4 Å². The van der Waals surface area contributed by atoms with Crippen molar-refractivity contribution in [2.24, 2.45) is 0 Å². The SMILES string of the molecule is O=C1CCc2ccccc2OC/C=C/COC(=O)c2ccccc2N1. The van der Waals surface area contributed by atoms with E-state index in [0.717, 1.165) is 11.3 Å². The number of amides is 1. The summed E-state index contributed by atoms with van der Waals surface area (Å²) >= 11 is 0. The van der Waals surface area contributed by atoms with Gasteiger partial charge >= 0.3 is 5.97 Å². The lowest BCUT2D eigenvalue weighted by Gasteiger charge is -2.11. The van der Waals surface area contributed by atoms with Crippen molar-refractivity contribution in [3.05, 3.63) is 71.8 Å². The second-order valence-electron chi connectivity index (χ2n) is 5.58. The molecule has 1 N–H and O–H groups in total. The fourth-order valence-corrected chi connectivity index (χ4v) is 2.56. The first kappa shape index (κ1) is 16.8. The number of ether oxygens (including phenoxy) is 2. The van der Waals surface area contributed by atoms with E-state index in [2.05, 4.69) is 5.32 Å². The number of anilines is 1. The van der Waals surface area contributed by atoms with Crippen molar-refractivity contribution in [1.82, 2.24) is 0 Å². The third-order valence-corrected chi connectivity index (χ3v) is 3.83. The summed E-state index contributed by atoms with van der Waals surface area (Å²) in [5.41, 5.74) is 1.78. The molecule has 1 heterocycles. The van der Waals surface area contributed by atoms with Gasteiger partial charge in [-0.15, -0.1) is 0 Å². The number of nitrogens with one attached hydrogen (secondary N) is 1. The van der Waals surface area contributed by atoms with Crippen LogP contribution in [0.1, 0.15) is 22.3 Å². The molecule has 0 aromatic heterocycles. The number of aryl methyl sites for hydroxylation is 1. The molecule has 0 radical (unpaired) electrons. The van der Waals surface area contributed by atoms with Crippen molar-refractivity contribution in [1.29, 1.82) is 0 Å². The third-order valence-electron chi connectivity index (χ3n) is 3.83. The number of hydrogen-bond donors (Lipinski definition) is 1. The lowest BCUT2D eigenvalue weighted by atomic mass is 10.1. The highest BCUT2D eigenvalue weighted by Gasteiger charge is 2.14. The molecule has 5 heteroatoms. The minimum absolute atomic E-state index is 0.145. The van der Waals surface area contributed by atoms with Crippen molar-refractivity contribution < 1.29 is 19.1 Å². The molecule has 2 aromatic rings. The van der Waals surface area contributed by atoms with Crippen LogP contribution in [0.15, 0.2) is 60.7 Å². The van der Waals surface area contributed by atoms with Crippen LogP contribution in [0.3, 0.4) is 0 Å². The second kappa shape index (κ2) is 8.15. The molecule has 0 aliphatic carbocycles. The predicted molar refractivity (Wildman–Crippen MR) is 94.8 cm³/mol. The average molecular weight is 337 g/mol. The summed E-state index contributed by atoms with van der Waals surface area (Å²) in [6.07, 6.45) is 4.39. The Bertz CT molecular complexity index is 798. The lowest BCUT2D eigenvalue weighted by Crippen LogP contribution is -2.16. The number of carbonyl (C=O) groups is 2. The van der Waals surface area contributed by atoms with Gasteiger partial charge in [-0.25, -0.2) is 4.79 Å². The van der Waals surface area contributed by atoms with Crippen LogP contribution in [0.4, 0.5) is 5.69 Å². The average Bonchev–Trinajstić information content (AvgIpc) is 2.63. The number of hydrogen-bond acceptors (Lipinski definition) is 4. The normalized spacial score (nSPS) is 16.8. The molecular weight excluding hydrogens is 318 g/mol. The highest BCUT2D eigenvalue weighted by Crippen LogP contribution is 2.21. The Morgan fingerprint density at radius 2 is 1.52 bits per heavy atom. The highest BCUT2D eigenvalue weighted by molar-refractivity contribution is 6.01. The zero-order chi connectivity index (χ0) is 17.5. The monoisotopic (exact) mass is 337 g/mol. The van der Waals surface area contributed by atoms with E-state index in [9.17, 15) is 9.59 Å². The predicted octanol–water partition coefficient (Wildman–Crippen LogP) is 3.36. The van der Waals surface area contributed by atoms with E-state index < -0.39 is 5.97 Å². The number of carbonyl (C=O) groups excluding carboxylic acids is 2. The number of rotatable bonds is 0. The highest BCUT2D eigenvalue weighted by atomic mass is 16.5. The molecule has 0 saturated heterocycles. The smallest absolute Gasteiger partial charge is 0.340 e. The van der Waals surface area contributed by atoms with Crippen molar-refractivity contribution in [3.63, 3.8) is 0 Å². The van der Waals surface area contributed by atoms with Crippen LogP contribution in [0.2, 0.25) is 0 Å². The van der Waals surface area contributed by atoms with E-state index in [1.165, 1.54) is 0 Å². The fraction of sp³-hybridized carbons (Fsp3) is 0.200. The first-order valence-corrected chi connectivity index (χ1v) is 8.16. The summed E-state index contributed by atoms with van der Waals surface area (Å²) in [5, 5.41) is 2.79. The molecule has 25 heavy (non-hydrogen) atoms. The Hall–Kier alpha value is -3.08. The van der Waals surface area contributed by atoms with Crippen LogP contribution in [0.5, 0.6) is 5.75 Å². The van der Waals surface area contributed by atoms with E-state index in [4.69, 9.17) is 9.47 Å². The molecule has 0 saturated carbocycles. The van der Waals surface area contributed by atoms with Gasteiger partial charge in [-0.1, -0.05) is 30.3 Å². The van der Waals surface area contributed by atoms with Crippen LogP contribution >= 0.6 is 0 Å². The minimum atomic E-state index is -0.473. The molecule has 2 aromatic carbocycles. The Morgan fingerprint density at radius 3 is 2.40 bits per heavy atom. The first-order valence-electron chi connectivity index (χ1n) is 8.16. The zero-order valence-corrected chi connectivity index (χ0v) is 13.7. The maximum Gasteiger partial charge on any atom is 0.340 e. The summed E-state index contributed by atoms with van der Waals surface area (Å²) in [6.45, 7) is 0.517. The van der Waals surface area contributed by atoms with Crippen molar-refractivity contribution in [2.45, 2.75) is 12.8 Å². The van der Waals surface area contributed by atoms with Gasteiger partial charge in [-0.05, 0) is 42.3 Å². The van der Waals surface area contributed by atoms with E-state index in [1.807, 2.05) is 24.3 Å². The van der Waals surface area contributed by atoms with Gasteiger partial charge in [0.2, 0.25) is 5.91 Å². The molecule has 3 rings (SSSR count). The Balaban J connectivity index is 1.84. The van der Waals surface area contributed by atoms with Gasteiger partial charge in [0.15, 0.2) is 0 Å². The Kier molecular flexibility index (Phi) is 5.46. The zero-order valence-electron chi connectivity index (χ0n) is 13.7. The van der Waals surface area contributed by atoms with E-state index >= 15 is 0 Å². The summed E-state index contributed by atoms with van der Waals surface area (Å²) in [4.78, 5) is 24.5. The lowest BCUT2D eigenvalue weighted by molar-refractivity contribution is -0.116. The maximum atomic E-state index is 12.3. The van der Waals surface area contributed by atoms with Gasteiger partial charge < -0.3 is 14.8 Å². The Labute approximate surface area is 146 Å². The minimum Gasteiger partial charge on any atom is -0.489 e. The van der Waals surface area contributed by atoms with E-state index in [0.29, 0.717) is 30.7 Å².